The van der Waals surface area contributed by atoms with Gasteiger partial charge in [-0.05, 0) is 59.3 Å². The fourth-order valence-electron chi connectivity index (χ4n) is 1.72. The van der Waals surface area contributed by atoms with Crippen LogP contribution in [0.2, 0.25) is 0 Å². The van der Waals surface area contributed by atoms with Crippen LogP contribution in [0.15, 0.2) is 34.8 Å². The molecule has 0 bridgehead atoms. The van der Waals surface area contributed by atoms with Crippen LogP contribution in [-0.2, 0) is 6.42 Å². The molecule has 0 atom stereocenters. The van der Waals surface area contributed by atoms with Gasteiger partial charge in [-0.2, -0.15) is 0 Å². The van der Waals surface area contributed by atoms with Gasteiger partial charge < -0.3 is 10.5 Å². The van der Waals surface area contributed by atoms with Crippen molar-refractivity contribution in [2.45, 2.75) is 31.7 Å². The Labute approximate surface area is 111 Å². The highest BCUT2D eigenvalue weighted by Crippen LogP contribution is 2.39. The Morgan fingerprint density at radius 2 is 2.24 bits per heavy atom. The first-order chi connectivity index (χ1) is 8.00. The zero-order valence-corrected chi connectivity index (χ0v) is 11.7. The Morgan fingerprint density at radius 3 is 2.82 bits per heavy atom. The van der Waals surface area contributed by atoms with Gasteiger partial charge in [0.15, 0.2) is 0 Å². The van der Waals surface area contributed by atoms with Crippen molar-refractivity contribution in [3.63, 3.8) is 0 Å². The van der Waals surface area contributed by atoms with Gasteiger partial charge in [0.05, 0.1) is 4.47 Å². The molecule has 3 heteroatoms. The molecule has 0 radical (unpaired) electrons. The zero-order chi connectivity index (χ0) is 12.5. The molecule has 1 fully saturated rings. The lowest BCUT2D eigenvalue weighted by Gasteiger charge is -2.14. The van der Waals surface area contributed by atoms with Gasteiger partial charge in [-0.15, -0.1) is 0 Å². The van der Waals surface area contributed by atoms with Crippen LogP contribution in [-0.4, -0.2) is 12.1 Å². The Balaban J connectivity index is 2.11. The summed E-state index contributed by atoms with van der Waals surface area (Å²) < 4.78 is 6.71. The SMILES string of the molecule is C=C(C)COc1cccc(CC2(N)CC2)c1Br. The average molecular weight is 296 g/mol. The molecule has 0 amide bonds. The van der Waals surface area contributed by atoms with Crippen molar-refractivity contribution in [2.24, 2.45) is 5.73 Å². The van der Waals surface area contributed by atoms with Crippen molar-refractivity contribution >= 4 is 15.9 Å². The van der Waals surface area contributed by atoms with E-state index in [0.29, 0.717) is 6.61 Å². The first-order valence-electron chi connectivity index (χ1n) is 5.84. The first kappa shape index (κ1) is 12.7. The maximum absolute atomic E-state index is 6.14. The van der Waals surface area contributed by atoms with Crippen molar-refractivity contribution in [1.82, 2.24) is 0 Å². The molecule has 1 aliphatic carbocycles. The summed E-state index contributed by atoms with van der Waals surface area (Å²) in [5.74, 6) is 0.870. The van der Waals surface area contributed by atoms with Crippen LogP contribution in [0.3, 0.4) is 0 Å². The standard InChI is InChI=1S/C14H18BrNO/c1-10(2)9-17-12-5-3-4-11(13(12)15)8-14(16)6-7-14/h3-5H,1,6-9,16H2,2H3. The van der Waals surface area contributed by atoms with Crippen molar-refractivity contribution in [2.75, 3.05) is 6.61 Å². The topological polar surface area (TPSA) is 35.2 Å². The molecule has 0 unspecified atom stereocenters. The third-order valence-electron chi connectivity index (χ3n) is 2.95. The Morgan fingerprint density at radius 1 is 1.53 bits per heavy atom. The monoisotopic (exact) mass is 295 g/mol. The number of hydrogen-bond acceptors (Lipinski definition) is 2. The first-order valence-corrected chi connectivity index (χ1v) is 6.63. The van der Waals surface area contributed by atoms with Crippen LogP contribution in [0.5, 0.6) is 5.75 Å². The van der Waals surface area contributed by atoms with E-state index >= 15 is 0 Å². The van der Waals surface area contributed by atoms with Gasteiger partial charge in [-0.3, -0.25) is 0 Å². The Hall–Kier alpha value is -0.800. The summed E-state index contributed by atoms with van der Waals surface area (Å²) in [6, 6.07) is 6.08. The minimum atomic E-state index is 0.0233. The number of nitrogens with two attached hydrogens (primary N) is 1. The zero-order valence-electron chi connectivity index (χ0n) is 10.1. The van der Waals surface area contributed by atoms with Gasteiger partial charge in [0, 0.05) is 5.54 Å². The third-order valence-corrected chi connectivity index (χ3v) is 3.85. The smallest absolute Gasteiger partial charge is 0.134 e. The molecule has 0 spiro atoms. The average Bonchev–Trinajstić information content (AvgIpc) is 2.98. The van der Waals surface area contributed by atoms with Gasteiger partial charge in [0.1, 0.15) is 12.4 Å². The van der Waals surface area contributed by atoms with Crippen molar-refractivity contribution in [3.05, 3.63) is 40.4 Å². The minimum Gasteiger partial charge on any atom is -0.488 e. The second-order valence-corrected chi connectivity index (χ2v) is 5.81. The molecule has 0 aromatic heterocycles. The molecule has 2 rings (SSSR count). The summed E-state index contributed by atoms with van der Waals surface area (Å²) in [6.07, 6.45) is 3.16. The number of rotatable bonds is 5. The predicted octanol–water partition coefficient (Wildman–Crippen LogP) is 3.44. The highest BCUT2D eigenvalue weighted by atomic mass is 79.9. The van der Waals surface area contributed by atoms with E-state index in [1.165, 1.54) is 5.56 Å². The quantitative estimate of drug-likeness (QED) is 0.845. The van der Waals surface area contributed by atoms with E-state index in [4.69, 9.17) is 10.5 Å². The molecule has 1 aromatic rings. The molecule has 1 saturated carbocycles. The van der Waals surface area contributed by atoms with E-state index in [0.717, 1.165) is 35.1 Å². The maximum Gasteiger partial charge on any atom is 0.134 e. The fourth-order valence-corrected chi connectivity index (χ4v) is 2.24. The van der Waals surface area contributed by atoms with E-state index in [2.05, 4.69) is 28.6 Å². The van der Waals surface area contributed by atoms with Gasteiger partial charge in [0.25, 0.3) is 0 Å². The molecule has 1 aromatic carbocycles. The maximum atomic E-state index is 6.14. The number of halogens is 1. The second kappa shape index (κ2) is 4.83. The summed E-state index contributed by atoms with van der Waals surface area (Å²) in [7, 11) is 0. The van der Waals surface area contributed by atoms with E-state index < -0.39 is 0 Å². The summed E-state index contributed by atoms with van der Waals surface area (Å²) in [4.78, 5) is 0. The summed E-state index contributed by atoms with van der Waals surface area (Å²) >= 11 is 3.60. The minimum absolute atomic E-state index is 0.0233. The summed E-state index contributed by atoms with van der Waals surface area (Å²) in [6.45, 7) is 6.34. The van der Waals surface area contributed by atoms with E-state index in [1.54, 1.807) is 0 Å². The van der Waals surface area contributed by atoms with E-state index in [9.17, 15) is 0 Å². The Kier molecular flexibility index (Phi) is 3.59. The highest BCUT2D eigenvalue weighted by Gasteiger charge is 2.38. The highest BCUT2D eigenvalue weighted by molar-refractivity contribution is 9.10. The van der Waals surface area contributed by atoms with Gasteiger partial charge >= 0.3 is 0 Å². The normalized spacial score (nSPS) is 16.6. The van der Waals surface area contributed by atoms with Crippen molar-refractivity contribution < 1.29 is 4.74 Å². The number of hydrogen-bond donors (Lipinski definition) is 1. The molecule has 0 aliphatic heterocycles. The molecular weight excluding hydrogens is 278 g/mol. The molecule has 17 heavy (non-hydrogen) atoms. The number of ether oxygens (including phenoxy) is 1. The van der Waals surface area contributed by atoms with Crippen LogP contribution in [0.25, 0.3) is 0 Å². The summed E-state index contributed by atoms with van der Waals surface area (Å²) in [5.41, 5.74) is 8.41. The van der Waals surface area contributed by atoms with E-state index in [1.807, 2.05) is 19.1 Å². The molecule has 0 heterocycles. The predicted molar refractivity (Wildman–Crippen MR) is 74.3 cm³/mol. The number of benzene rings is 1. The molecule has 0 saturated heterocycles. The molecular formula is C14H18BrNO. The van der Waals surface area contributed by atoms with Crippen LogP contribution in [0.4, 0.5) is 0 Å². The Bertz CT molecular complexity index is 438. The van der Waals surface area contributed by atoms with Crippen LogP contribution >= 0.6 is 15.9 Å². The molecule has 2 N–H and O–H groups in total. The third kappa shape index (κ3) is 3.33. The van der Waals surface area contributed by atoms with Crippen LogP contribution in [0.1, 0.15) is 25.3 Å². The lowest BCUT2D eigenvalue weighted by Crippen LogP contribution is -2.24. The van der Waals surface area contributed by atoms with Crippen molar-refractivity contribution in [3.8, 4) is 5.75 Å². The van der Waals surface area contributed by atoms with Crippen LogP contribution in [0, 0.1) is 0 Å². The molecule has 2 nitrogen and oxygen atoms in total. The van der Waals surface area contributed by atoms with Gasteiger partial charge in [0.2, 0.25) is 0 Å². The lowest BCUT2D eigenvalue weighted by atomic mass is 10.0. The van der Waals surface area contributed by atoms with Gasteiger partial charge in [-0.1, -0.05) is 18.7 Å². The second-order valence-electron chi connectivity index (χ2n) is 5.01. The fraction of sp³-hybridized carbons (Fsp3) is 0.429. The van der Waals surface area contributed by atoms with Crippen LogP contribution < -0.4 is 10.5 Å². The van der Waals surface area contributed by atoms with Crippen molar-refractivity contribution in [1.29, 1.82) is 0 Å². The van der Waals surface area contributed by atoms with E-state index in [-0.39, 0.29) is 5.54 Å². The summed E-state index contributed by atoms with van der Waals surface area (Å²) in [5, 5.41) is 0. The molecule has 1 aliphatic rings. The van der Waals surface area contributed by atoms with Gasteiger partial charge in [-0.25, -0.2) is 0 Å². The largest absolute Gasteiger partial charge is 0.488 e. The lowest BCUT2D eigenvalue weighted by molar-refractivity contribution is 0.350. The molecule has 92 valence electrons.